The molecule has 0 rings (SSSR count). The predicted molar refractivity (Wildman–Crippen MR) is 6.41 cm³/mol. The molecule has 64 valence electrons. The van der Waals surface area contributed by atoms with Crippen LogP contribution in [0.3, 0.4) is 0 Å². The topological polar surface area (TPSA) is 0 Å². The van der Waals surface area contributed by atoms with Crippen LogP contribution in [0.5, 0.6) is 0 Å². The molecule has 18 radical (unpaired) electrons. The zero-order valence-electron chi connectivity index (χ0n) is 11.3. The summed E-state index contributed by atoms with van der Waals surface area (Å²) >= 11 is 0. The van der Waals surface area contributed by atoms with E-state index in [0.717, 1.165) is 0 Å². The Morgan fingerprint density at radius 3 is 0.158 bits per heavy atom. The van der Waals surface area contributed by atoms with Gasteiger partial charge in [-0.3, -0.25) is 0 Å². The fourth-order valence-electron chi connectivity index (χ4n) is 0. The minimum atomic E-state index is 0. The van der Waals surface area contributed by atoms with E-state index in [-0.39, 0.29) is 582 Å². The molecule has 0 bridgehead atoms. The van der Waals surface area contributed by atoms with E-state index in [2.05, 4.69) is 0 Å². The minimum Gasteiger partial charge on any atom is -0.358 e. The van der Waals surface area contributed by atoms with E-state index in [1.807, 2.05) is 0 Å². The van der Waals surface area contributed by atoms with Crippen LogP contribution in [0, 0.1) is 7.43 Å². The summed E-state index contributed by atoms with van der Waals surface area (Å²) in [5.41, 5.74) is 0. The van der Waals surface area contributed by atoms with Gasteiger partial charge >= 0.3 is 0 Å². The monoisotopic (exact) mass is 1580 g/mol. The summed E-state index contributed by atoms with van der Waals surface area (Å²) in [7, 11) is 0. The van der Waals surface area contributed by atoms with Gasteiger partial charge in [0, 0.05) is 575 Å². The van der Waals surface area contributed by atoms with Gasteiger partial charge in [-0.1, -0.05) is 0 Å². The molecule has 0 aliphatic carbocycles. The fraction of sp³-hybridized carbons (Fsp3) is 0. The molecule has 0 saturated carbocycles. The van der Waals surface area contributed by atoms with Crippen LogP contribution in [0.15, 0.2) is 0 Å². The number of rotatable bonds is 0. The minimum absolute atomic E-state index is 0. The molecule has 0 spiro atoms. The van der Waals surface area contributed by atoms with Crippen LogP contribution in [0.2, 0.25) is 0 Å². The van der Waals surface area contributed by atoms with Crippen LogP contribution in [0.25, 0.3) is 0 Å². The largest absolute Gasteiger partial charge is 0.358 e. The molecule has 0 aliphatic heterocycles. The second kappa shape index (κ2) is 132. The van der Waals surface area contributed by atoms with E-state index in [9.17, 15) is 0 Å². The Morgan fingerprint density at radius 2 is 0.158 bits per heavy atom. The maximum absolute atomic E-state index is 0. The third-order valence-electron chi connectivity index (χ3n) is 0. The zero-order chi connectivity index (χ0) is 0. The van der Waals surface area contributed by atoms with Gasteiger partial charge in [-0.25, -0.2) is 0 Å². The Kier molecular flexibility index (Phi) is 991. The normalized spacial score (nSPS) is 0. The first kappa shape index (κ1) is 143. The average Bonchev–Trinajstić information content (AvgIpc) is 0. The molecule has 0 aromatic rings. The van der Waals surface area contributed by atoms with E-state index < -0.39 is 0 Å². The molecule has 0 amide bonds. The summed E-state index contributed by atoms with van der Waals surface area (Å²) in [6.07, 6.45) is 0. The first-order valence-corrected chi connectivity index (χ1v) is 0. The molecule has 0 nitrogen and oxygen atoms in total. The number of hydrogen-bond acceptors (Lipinski definition) is 0. The third-order valence-corrected chi connectivity index (χ3v) is 0. The fourth-order valence-corrected chi connectivity index (χ4v) is 0. The van der Waals surface area contributed by atoms with Gasteiger partial charge < -0.3 is 7.43 Å². The van der Waals surface area contributed by atoms with Crippen molar-refractivity contribution in [2.24, 2.45) is 0 Å². The van der Waals surface area contributed by atoms with Gasteiger partial charge in [-0.2, -0.15) is 0 Å². The Morgan fingerprint density at radius 1 is 0.158 bits per heavy atom. The first-order chi connectivity index (χ1) is 0. The molecule has 0 heterocycles. The van der Waals surface area contributed by atoms with Gasteiger partial charge in [0.05, 0.1) is 0 Å². The van der Waals surface area contributed by atoms with E-state index in [0.29, 0.717) is 0 Å². The smallest absolute Gasteiger partial charge is 0 e. The van der Waals surface area contributed by atoms with Gasteiger partial charge in [-0.05, 0) is 0 Å². The molecule has 0 aromatic carbocycles. The summed E-state index contributed by atoms with van der Waals surface area (Å²) in [6.45, 7) is 0. The molecule has 19 heavy (non-hydrogen) atoms. The van der Waals surface area contributed by atoms with Crippen LogP contribution in [-0.2, 0) is 575 Å². The molecular formula is CH3VY17-. The van der Waals surface area contributed by atoms with Crippen molar-refractivity contribution in [3.63, 3.8) is 0 Å². The van der Waals surface area contributed by atoms with Crippen molar-refractivity contribution in [2.75, 3.05) is 0 Å². The molecule has 0 N–H and O–H groups in total. The summed E-state index contributed by atoms with van der Waals surface area (Å²) < 4.78 is 0. The van der Waals surface area contributed by atoms with Gasteiger partial charge in [0.25, 0.3) is 0 Å². The van der Waals surface area contributed by atoms with Crippen LogP contribution >= 0.6 is 0 Å². The molecule has 0 fully saturated rings. The molecule has 0 unspecified atom stereocenters. The SMILES string of the molecule is [CH3-].[V].[Y].[Y].[Y].[Y].[Y].[Y].[Y].[Y].[Y].[Y].[Y].[Y].[Y].[Y].[Y].[Y].[Y]. The Bertz CT molecular complexity index is 11.2. The van der Waals surface area contributed by atoms with Crippen LogP contribution in [-0.4, -0.2) is 0 Å². The van der Waals surface area contributed by atoms with Crippen molar-refractivity contribution in [2.45, 2.75) is 0 Å². The Labute approximate surface area is 560 Å². The van der Waals surface area contributed by atoms with Crippen molar-refractivity contribution in [1.29, 1.82) is 0 Å². The quantitative estimate of drug-likeness (QED) is 0.309. The second-order valence-corrected chi connectivity index (χ2v) is 0. The summed E-state index contributed by atoms with van der Waals surface area (Å²) in [5.74, 6) is 0. The van der Waals surface area contributed by atoms with Crippen LogP contribution in [0.1, 0.15) is 0 Å². The molecule has 0 aliphatic rings. The van der Waals surface area contributed by atoms with Crippen molar-refractivity contribution < 1.29 is 575 Å². The maximum atomic E-state index is 0. The first-order valence-electron chi connectivity index (χ1n) is 0. The summed E-state index contributed by atoms with van der Waals surface area (Å²) in [5, 5.41) is 0. The van der Waals surface area contributed by atoms with E-state index >= 15 is 0 Å². The number of hydrogen-bond donors (Lipinski definition) is 0. The third kappa shape index (κ3) is 125. The van der Waals surface area contributed by atoms with E-state index in [1.165, 1.54) is 0 Å². The van der Waals surface area contributed by atoms with Gasteiger partial charge in [0.15, 0.2) is 0 Å². The Hall–Kier alpha value is 19.4. The van der Waals surface area contributed by atoms with Crippen molar-refractivity contribution in [3.8, 4) is 0 Å². The van der Waals surface area contributed by atoms with E-state index in [4.69, 9.17) is 0 Å². The van der Waals surface area contributed by atoms with Crippen molar-refractivity contribution in [3.05, 3.63) is 7.43 Å². The van der Waals surface area contributed by atoms with Crippen LogP contribution in [0.4, 0.5) is 0 Å². The standard InChI is InChI=1S/CH3.V.17Y/h1H3;;;;;;;;;;;;;;;;;;/q-1;;;;;;;;;;;;;;;;;;. The molecule has 18 heteroatoms. The molecule has 0 saturated heterocycles. The van der Waals surface area contributed by atoms with Crippen LogP contribution < -0.4 is 0 Å². The van der Waals surface area contributed by atoms with E-state index in [1.54, 1.807) is 0 Å². The summed E-state index contributed by atoms with van der Waals surface area (Å²) in [6, 6.07) is 0. The zero-order valence-corrected chi connectivity index (χ0v) is 60.9. The second-order valence-electron chi connectivity index (χ2n) is 0. The van der Waals surface area contributed by atoms with Crippen molar-refractivity contribution in [1.82, 2.24) is 0 Å². The van der Waals surface area contributed by atoms with Gasteiger partial charge in [-0.15, -0.1) is 0 Å². The van der Waals surface area contributed by atoms with Gasteiger partial charge in [0.1, 0.15) is 0 Å². The average molecular weight is 1580 g/mol. The Balaban J connectivity index is 0. The molecular weight excluding hydrogens is 1570 g/mol. The van der Waals surface area contributed by atoms with Gasteiger partial charge in [0.2, 0.25) is 0 Å². The molecule has 0 atom stereocenters. The predicted octanol–water partition coefficient (Wildman–Crippen LogP) is 0.405. The molecule has 0 aromatic heterocycles. The maximum Gasteiger partial charge on any atom is 0 e. The van der Waals surface area contributed by atoms with Crippen molar-refractivity contribution >= 4 is 0 Å². The summed E-state index contributed by atoms with van der Waals surface area (Å²) in [4.78, 5) is 0.